The van der Waals surface area contributed by atoms with Crippen LogP contribution < -0.4 is 16.3 Å². The molecular formula is C19H25N7O2. The molecule has 3 heterocycles. The molecule has 4 rings (SSSR count). The van der Waals surface area contributed by atoms with Crippen molar-refractivity contribution in [3.8, 4) is 0 Å². The Labute approximate surface area is 161 Å². The Kier molecular flexibility index (Phi) is 5.25. The van der Waals surface area contributed by atoms with Crippen LogP contribution in [0.3, 0.4) is 0 Å². The summed E-state index contributed by atoms with van der Waals surface area (Å²) < 4.78 is 1.64. The number of hydrogen-bond donors (Lipinski definition) is 4. The summed E-state index contributed by atoms with van der Waals surface area (Å²) in [5, 5.41) is 10.7. The molecule has 148 valence electrons. The topological polar surface area (TPSA) is 120 Å². The Bertz CT molecular complexity index is 1030. The number of carbonyl (C=O) groups is 1. The first-order valence-corrected chi connectivity index (χ1v) is 9.71. The predicted octanol–water partition coefficient (Wildman–Crippen LogP) is 1.41. The number of aryl methyl sites for hydroxylation is 2. The maximum absolute atomic E-state index is 12.3. The minimum Gasteiger partial charge on any atom is -0.317 e. The Morgan fingerprint density at radius 2 is 2.04 bits per heavy atom. The van der Waals surface area contributed by atoms with E-state index in [2.05, 4.69) is 30.7 Å². The third-order valence-corrected chi connectivity index (χ3v) is 5.18. The molecule has 1 aliphatic rings. The lowest BCUT2D eigenvalue weighted by Gasteiger charge is -2.19. The molecule has 1 fully saturated rings. The van der Waals surface area contributed by atoms with Gasteiger partial charge in [-0.2, -0.15) is 10.1 Å². The molecule has 1 aromatic carbocycles. The number of nitrogens with one attached hydrogen (secondary N) is 4. The summed E-state index contributed by atoms with van der Waals surface area (Å²) >= 11 is 0. The molecule has 0 saturated carbocycles. The van der Waals surface area contributed by atoms with Gasteiger partial charge in [0.15, 0.2) is 5.82 Å². The number of anilines is 1. The van der Waals surface area contributed by atoms with Crippen molar-refractivity contribution in [2.45, 2.75) is 38.0 Å². The number of fused-ring (bicyclic) bond motifs is 1. The van der Waals surface area contributed by atoms with Gasteiger partial charge in [0.25, 0.3) is 0 Å². The molecule has 9 heteroatoms. The van der Waals surface area contributed by atoms with E-state index in [0.717, 1.165) is 54.8 Å². The standard InChI is InChI=1S/C19H25N7O2/c1-26-18(24-17(25-26)13-7-9-20-10-8-13)23-16(27)4-2-3-12-5-6-14-15(11-12)22-19(28)21-14/h5-6,11,13,20H,2-4,7-10H2,1H3,(H2,21,22,28)(H,23,24,25,27). The van der Waals surface area contributed by atoms with E-state index < -0.39 is 0 Å². The van der Waals surface area contributed by atoms with Crippen LogP contribution in [-0.2, 0) is 18.3 Å². The highest BCUT2D eigenvalue weighted by Crippen LogP contribution is 2.23. The second-order valence-corrected chi connectivity index (χ2v) is 7.30. The van der Waals surface area contributed by atoms with Crippen molar-refractivity contribution in [3.63, 3.8) is 0 Å². The molecule has 1 aliphatic heterocycles. The lowest BCUT2D eigenvalue weighted by Crippen LogP contribution is -2.27. The second kappa shape index (κ2) is 7.97. The van der Waals surface area contributed by atoms with Crippen molar-refractivity contribution in [1.29, 1.82) is 0 Å². The first-order chi connectivity index (χ1) is 13.6. The van der Waals surface area contributed by atoms with E-state index in [1.54, 1.807) is 11.7 Å². The second-order valence-electron chi connectivity index (χ2n) is 7.30. The van der Waals surface area contributed by atoms with E-state index in [1.807, 2.05) is 18.2 Å². The molecular weight excluding hydrogens is 358 g/mol. The number of H-pyrrole nitrogens is 2. The number of imidazole rings is 1. The summed E-state index contributed by atoms with van der Waals surface area (Å²) in [5.74, 6) is 1.61. The fourth-order valence-electron chi connectivity index (χ4n) is 3.64. The van der Waals surface area contributed by atoms with Crippen molar-refractivity contribution < 1.29 is 4.79 Å². The zero-order chi connectivity index (χ0) is 19.5. The lowest BCUT2D eigenvalue weighted by atomic mass is 9.98. The van der Waals surface area contributed by atoms with Gasteiger partial charge < -0.3 is 15.3 Å². The highest BCUT2D eigenvalue weighted by Gasteiger charge is 2.21. The van der Waals surface area contributed by atoms with Crippen LogP contribution in [0.25, 0.3) is 11.0 Å². The monoisotopic (exact) mass is 383 g/mol. The minimum absolute atomic E-state index is 0.0662. The third-order valence-electron chi connectivity index (χ3n) is 5.18. The van der Waals surface area contributed by atoms with Crippen LogP contribution >= 0.6 is 0 Å². The number of carbonyl (C=O) groups excluding carboxylic acids is 1. The van der Waals surface area contributed by atoms with Gasteiger partial charge in [0, 0.05) is 19.4 Å². The van der Waals surface area contributed by atoms with E-state index >= 15 is 0 Å². The van der Waals surface area contributed by atoms with Gasteiger partial charge in [0.05, 0.1) is 11.0 Å². The maximum atomic E-state index is 12.3. The first-order valence-electron chi connectivity index (χ1n) is 9.71. The molecule has 0 bridgehead atoms. The van der Waals surface area contributed by atoms with Crippen molar-refractivity contribution >= 4 is 22.9 Å². The van der Waals surface area contributed by atoms with Crippen LogP contribution in [0.1, 0.15) is 43.0 Å². The SMILES string of the molecule is Cn1nc(C2CCNCC2)nc1NC(=O)CCCc1ccc2[nH]c(=O)[nH]c2c1. The molecule has 2 aromatic heterocycles. The lowest BCUT2D eigenvalue weighted by molar-refractivity contribution is -0.116. The Hall–Kier alpha value is -2.94. The van der Waals surface area contributed by atoms with Crippen LogP contribution in [0.2, 0.25) is 0 Å². The summed E-state index contributed by atoms with van der Waals surface area (Å²) in [5.41, 5.74) is 2.45. The first kappa shape index (κ1) is 18.4. The summed E-state index contributed by atoms with van der Waals surface area (Å²) in [4.78, 5) is 33.6. The van der Waals surface area contributed by atoms with Crippen LogP contribution in [0.4, 0.5) is 5.95 Å². The van der Waals surface area contributed by atoms with E-state index in [0.29, 0.717) is 24.7 Å². The molecule has 1 amide bonds. The Morgan fingerprint density at radius 1 is 1.25 bits per heavy atom. The van der Waals surface area contributed by atoms with Gasteiger partial charge in [-0.05, 0) is 56.5 Å². The van der Waals surface area contributed by atoms with Crippen LogP contribution in [0.15, 0.2) is 23.0 Å². The highest BCUT2D eigenvalue weighted by atomic mass is 16.2. The van der Waals surface area contributed by atoms with E-state index in [1.165, 1.54) is 0 Å². The van der Waals surface area contributed by atoms with Crippen LogP contribution in [-0.4, -0.2) is 43.7 Å². The normalized spacial score (nSPS) is 15.2. The van der Waals surface area contributed by atoms with Gasteiger partial charge in [0.2, 0.25) is 11.9 Å². The average molecular weight is 383 g/mol. The van der Waals surface area contributed by atoms with Gasteiger partial charge in [-0.15, -0.1) is 0 Å². The number of hydrogen-bond acceptors (Lipinski definition) is 5. The van der Waals surface area contributed by atoms with Gasteiger partial charge in [-0.25, -0.2) is 9.48 Å². The molecule has 4 N–H and O–H groups in total. The number of rotatable bonds is 6. The highest BCUT2D eigenvalue weighted by molar-refractivity contribution is 5.89. The Morgan fingerprint density at radius 3 is 2.86 bits per heavy atom. The molecule has 0 aliphatic carbocycles. The van der Waals surface area contributed by atoms with Gasteiger partial charge in [-0.1, -0.05) is 6.07 Å². The van der Waals surface area contributed by atoms with Crippen LogP contribution in [0.5, 0.6) is 0 Å². The number of amides is 1. The number of nitrogens with zero attached hydrogens (tertiary/aromatic N) is 3. The zero-order valence-electron chi connectivity index (χ0n) is 15.9. The van der Waals surface area contributed by atoms with E-state index in [9.17, 15) is 9.59 Å². The van der Waals surface area contributed by atoms with Crippen molar-refractivity contribution in [2.24, 2.45) is 7.05 Å². The van der Waals surface area contributed by atoms with Crippen LogP contribution in [0, 0.1) is 0 Å². The summed E-state index contributed by atoms with van der Waals surface area (Å²) in [7, 11) is 1.81. The van der Waals surface area contributed by atoms with E-state index in [4.69, 9.17) is 0 Å². The summed E-state index contributed by atoms with van der Waals surface area (Å²) in [6, 6.07) is 5.79. The number of piperidine rings is 1. The number of benzene rings is 1. The average Bonchev–Trinajstić information content (AvgIpc) is 3.24. The maximum Gasteiger partial charge on any atom is 0.323 e. The summed E-state index contributed by atoms with van der Waals surface area (Å²) in [6.45, 7) is 1.96. The quantitative estimate of drug-likeness (QED) is 0.513. The van der Waals surface area contributed by atoms with Crippen molar-refractivity contribution in [3.05, 3.63) is 40.1 Å². The summed E-state index contributed by atoms with van der Waals surface area (Å²) in [6.07, 6.45) is 3.92. The molecule has 3 aromatic rings. The fourth-order valence-corrected chi connectivity index (χ4v) is 3.64. The predicted molar refractivity (Wildman–Crippen MR) is 106 cm³/mol. The third kappa shape index (κ3) is 4.14. The molecule has 0 spiro atoms. The largest absolute Gasteiger partial charge is 0.323 e. The Balaban J connectivity index is 1.30. The smallest absolute Gasteiger partial charge is 0.317 e. The van der Waals surface area contributed by atoms with Gasteiger partial charge >= 0.3 is 5.69 Å². The molecule has 0 atom stereocenters. The minimum atomic E-state index is -0.209. The molecule has 1 saturated heterocycles. The molecule has 9 nitrogen and oxygen atoms in total. The van der Waals surface area contributed by atoms with Gasteiger partial charge in [-0.3, -0.25) is 10.1 Å². The zero-order valence-corrected chi connectivity index (χ0v) is 15.9. The van der Waals surface area contributed by atoms with E-state index in [-0.39, 0.29) is 11.6 Å². The molecule has 0 unspecified atom stereocenters. The number of aromatic nitrogens is 5. The fraction of sp³-hybridized carbons (Fsp3) is 0.474. The van der Waals surface area contributed by atoms with Crippen molar-refractivity contribution in [2.75, 3.05) is 18.4 Å². The molecule has 28 heavy (non-hydrogen) atoms. The van der Waals surface area contributed by atoms with Gasteiger partial charge in [0.1, 0.15) is 0 Å². The molecule has 0 radical (unpaired) electrons. The number of aromatic amines is 2. The van der Waals surface area contributed by atoms with Crippen molar-refractivity contribution in [1.82, 2.24) is 30.0 Å².